The van der Waals surface area contributed by atoms with E-state index in [0.29, 0.717) is 11.2 Å². The van der Waals surface area contributed by atoms with E-state index >= 15 is 0 Å². The van der Waals surface area contributed by atoms with Gasteiger partial charge in [0.25, 0.3) is 5.56 Å². The molecule has 0 spiro atoms. The normalized spacial score (nSPS) is 11.2. The second-order valence-electron chi connectivity index (χ2n) is 4.12. The van der Waals surface area contributed by atoms with Crippen LogP contribution in [0.25, 0.3) is 10.2 Å². The van der Waals surface area contributed by atoms with Crippen molar-refractivity contribution in [2.75, 3.05) is 0 Å². The zero-order chi connectivity index (χ0) is 12.7. The number of hydrogen-bond donors (Lipinski definition) is 0. The standard InChI is InChI=1S/C12H11N3O2S/c1-7-9(8(2)17-14-7)5-15-6-13-10-3-4-18-11(10)12(15)16/h3-4,6H,5H2,1-2H3. The van der Waals surface area contributed by atoms with Gasteiger partial charge in [-0.1, -0.05) is 5.16 Å². The first-order valence-corrected chi connectivity index (χ1v) is 6.39. The molecule has 0 fully saturated rings. The minimum Gasteiger partial charge on any atom is -0.361 e. The summed E-state index contributed by atoms with van der Waals surface area (Å²) >= 11 is 1.41. The molecule has 0 N–H and O–H groups in total. The smallest absolute Gasteiger partial charge is 0.271 e. The molecule has 0 aliphatic carbocycles. The second-order valence-corrected chi connectivity index (χ2v) is 5.03. The van der Waals surface area contributed by atoms with Crippen molar-refractivity contribution in [3.63, 3.8) is 0 Å². The fourth-order valence-corrected chi connectivity index (χ4v) is 2.68. The third-order valence-electron chi connectivity index (χ3n) is 2.95. The fourth-order valence-electron chi connectivity index (χ4n) is 1.89. The van der Waals surface area contributed by atoms with Gasteiger partial charge in [-0.05, 0) is 25.3 Å². The van der Waals surface area contributed by atoms with Gasteiger partial charge in [0, 0.05) is 5.56 Å². The largest absolute Gasteiger partial charge is 0.361 e. The lowest BCUT2D eigenvalue weighted by molar-refractivity contribution is 0.392. The van der Waals surface area contributed by atoms with E-state index in [1.54, 1.807) is 10.9 Å². The zero-order valence-corrected chi connectivity index (χ0v) is 10.8. The Kier molecular flexibility index (Phi) is 2.52. The average Bonchev–Trinajstić information content (AvgIpc) is 2.94. The zero-order valence-electron chi connectivity index (χ0n) is 10.0. The summed E-state index contributed by atoms with van der Waals surface area (Å²) in [6.07, 6.45) is 1.57. The molecule has 3 aromatic rings. The molecule has 5 nitrogen and oxygen atoms in total. The Hall–Kier alpha value is -1.95. The Morgan fingerprint density at radius 3 is 3.00 bits per heavy atom. The second kappa shape index (κ2) is 4.06. The van der Waals surface area contributed by atoms with Gasteiger partial charge in [0.1, 0.15) is 10.5 Å². The number of thiophene rings is 1. The van der Waals surface area contributed by atoms with Crippen molar-refractivity contribution in [1.29, 1.82) is 0 Å². The molecule has 3 rings (SSSR count). The summed E-state index contributed by atoms with van der Waals surface area (Å²) in [4.78, 5) is 16.5. The van der Waals surface area contributed by atoms with Crippen LogP contribution in [0.1, 0.15) is 17.0 Å². The summed E-state index contributed by atoms with van der Waals surface area (Å²) in [6, 6.07) is 1.85. The van der Waals surface area contributed by atoms with E-state index in [1.807, 2.05) is 25.3 Å². The van der Waals surface area contributed by atoms with E-state index < -0.39 is 0 Å². The maximum Gasteiger partial charge on any atom is 0.271 e. The van der Waals surface area contributed by atoms with E-state index in [9.17, 15) is 4.79 Å². The van der Waals surface area contributed by atoms with Crippen LogP contribution in [0.3, 0.4) is 0 Å². The lowest BCUT2D eigenvalue weighted by atomic mass is 10.2. The van der Waals surface area contributed by atoms with Crippen LogP contribution in [0.4, 0.5) is 0 Å². The van der Waals surface area contributed by atoms with Crippen molar-refractivity contribution in [3.05, 3.63) is 45.1 Å². The number of hydrogen-bond acceptors (Lipinski definition) is 5. The van der Waals surface area contributed by atoms with E-state index in [4.69, 9.17) is 4.52 Å². The molecular formula is C12H11N3O2S. The molecule has 0 amide bonds. The van der Waals surface area contributed by atoms with Gasteiger partial charge in [0.15, 0.2) is 0 Å². The molecule has 0 radical (unpaired) electrons. The molecule has 92 valence electrons. The molecule has 0 saturated heterocycles. The third-order valence-corrected chi connectivity index (χ3v) is 3.84. The van der Waals surface area contributed by atoms with Crippen molar-refractivity contribution in [2.24, 2.45) is 0 Å². The first-order valence-electron chi connectivity index (χ1n) is 5.51. The summed E-state index contributed by atoms with van der Waals surface area (Å²) in [5.74, 6) is 0.741. The van der Waals surface area contributed by atoms with E-state index in [2.05, 4.69) is 10.1 Å². The van der Waals surface area contributed by atoms with Gasteiger partial charge >= 0.3 is 0 Å². The first kappa shape index (κ1) is 11.2. The highest BCUT2D eigenvalue weighted by Crippen LogP contribution is 2.16. The minimum atomic E-state index is -0.0185. The van der Waals surface area contributed by atoms with Gasteiger partial charge in [-0.3, -0.25) is 9.36 Å². The Morgan fingerprint density at radius 1 is 1.44 bits per heavy atom. The number of rotatable bonds is 2. The molecule has 3 aromatic heterocycles. The highest BCUT2D eigenvalue weighted by atomic mass is 32.1. The van der Waals surface area contributed by atoms with E-state index in [0.717, 1.165) is 22.5 Å². The maximum absolute atomic E-state index is 12.2. The van der Waals surface area contributed by atoms with Crippen molar-refractivity contribution in [3.8, 4) is 0 Å². The Labute approximate surface area is 107 Å². The topological polar surface area (TPSA) is 60.9 Å². The van der Waals surface area contributed by atoms with Gasteiger partial charge in [-0.25, -0.2) is 4.98 Å². The van der Waals surface area contributed by atoms with E-state index in [-0.39, 0.29) is 5.56 Å². The third kappa shape index (κ3) is 1.65. The predicted octanol–water partition coefficient (Wildman–Crippen LogP) is 2.11. The predicted molar refractivity (Wildman–Crippen MR) is 69.0 cm³/mol. The van der Waals surface area contributed by atoms with Crippen LogP contribution in [0.5, 0.6) is 0 Å². The molecular weight excluding hydrogens is 250 g/mol. The molecule has 0 bridgehead atoms. The summed E-state index contributed by atoms with van der Waals surface area (Å²) < 4.78 is 7.37. The van der Waals surface area contributed by atoms with Gasteiger partial charge in [0.2, 0.25) is 0 Å². The first-order chi connectivity index (χ1) is 8.66. The number of aromatic nitrogens is 3. The Bertz CT molecular complexity index is 750. The number of nitrogens with zero attached hydrogens (tertiary/aromatic N) is 3. The van der Waals surface area contributed by atoms with Gasteiger partial charge in [-0.15, -0.1) is 11.3 Å². The molecule has 18 heavy (non-hydrogen) atoms. The molecule has 0 aromatic carbocycles. The summed E-state index contributed by atoms with van der Waals surface area (Å²) in [5.41, 5.74) is 2.48. The highest BCUT2D eigenvalue weighted by molar-refractivity contribution is 7.17. The van der Waals surface area contributed by atoms with Crippen LogP contribution < -0.4 is 5.56 Å². The summed E-state index contributed by atoms with van der Waals surface area (Å²) in [7, 11) is 0. The van der Waals surface area contributed by atoms with Gasteiger partial charge < -0.3 is 4.52 Å². The summed E-state index contributed by atoms with van der Waals surface area (Å²) in [5, 5.41) is 5.76. The van der Waals surface area contributed by atoms with Crippen molar-refractivity contribution >= 4 is 21.6 Å². The average molecular weight is 261 g/mol. The van der Waals surface area contributed by atoms with Gasteiger partial charge in [0.05, 0.1) is 24.1 Å². The lowest BCUT2D eigenvalue weighted by Gasteiger charge is -2.04. The van der Waals surface area contributed by atoms with Crippen LogP contribution in [0, 0.1) is 13.8 Å². The van der Waals surface area contributed by atoms with Crippen LogP contribution in [0.2, 0.25) is 0 Å². The lowest BCUT2D eigenvalue weighted by Crippen LogP contribution is -2.20. The maximum atomic E-state index is 12.2. The monoisotopic (exact) mass is 261 g/mol. The summed E-state index contributed by atoms with van der Waals surface area (Å²) in [6.45, 7) is 4.16. The Balaban J connectivity index is 2.10. The van der Waals surface area contributed by atoms with Crippen LogP contribution >= 0.6 is 11.3 Å². The molecule has 3 heterocycles. The number of fused-ring (bicyclic) bond motifs is 1. The van der Waals surface area contributed by atoms with Crippen LogP contribution in [-0.2, 0) is 6.54 Å². The number of aryl methyl sites for hydroxylation is 2. The van der Waals surface area contributed by atoms with Crippen molar-refractivity contribution < 1.29 is 4.52 Å². The molecule has 0 saturated carbocycles. The highest BCUT2D eigenvalue weighted by Gasteiger charge is 2.12. The van der Waals surface area contributed by atoms with Gasteiger partial charge in [-0.2, -0.15) is 0 Å². The van der Waals surface area contributed by atoms with Crippen LogP contribution in [-0.4, -0.2) is 14.7 Å². The molecule has 0 atom stereocenters. The molecule has 6 heteroatoms. The van der Waals surface area contributed by atoms with Crippen molar-refractivity contribution in [1.82, 2.24) is 14.7 Å². The quantitative estimate of drug-likeness (QED) is 0.709. The van der Waals surface area contributed by atoms with E-state index in [1.165, 1.54) is 11.3 Å². The van der Waals surface area contributed by atoms with Crippen LogP contribution in [0.15, 0.2) is 27.1 Å². The Morgan fingerprint density at radius 2 is 2.28 bits per heavy atom. The molecule has 0 unspecified atom stereocenters. The molecule has 0 aliphatic rings. The minimum absolute atomic E-state index is 0.0185. The molecule has 0 aliphatic heterocycles. The van der Waals surface area contributed by atoms with Crippen molar-refractivity contribution in [2.45, 2.75) is 20.4 Å². The fraction of sp³-hybridized carbons (Fsp3) is 0.250. The SMILES string of the molecule is Cc1noc(C)c1Cn1cnc2ccsc2c1=O.